The van der Waals surface area contributed by atoms with Crippen molar-refractivity contribution in [2.24, 2.45) is 5.73 Å². The molecule has 0 aromatic rings. The van der Waals surface area contributed by atoms with E-state index in [1.807, 2.05) is 7.05 Å². The van der Waals surface area contributed by atoms with Gasteiger partial charge in [0.25, 0.3) is 0 Å². The van der Waals surface area contributed by atoms with Crippen molar-refractivity contribution in [1.29, 1.82) is 0 Å². The van der Waals surface area contributed by atoms with Crippen LogP contribution >= 0.6 is 37.2 Å². The number of hydrogen-bond acceptors (Lipinski definition) is 3. The van der Waals surface area contributed by atoms with Gasteiger partial charge in [-0.15, -0.1) is 37.2 Å². The van der Waals surface area contributed by atoms with E-state index in [1.54, 1.807) is 0 Å². The third-order valence-electron chi connectivity index (χ3n) is 2.70. The average molecular weight is 281 g/mol. The number of halogens is 3. The van der Waals surface area contributed by atoms with E-state index in [9.17, 15) is 0 Å². The van der Waals surface area contributed by atoms with Gasteiger partial charge < -0.3 is 11.1 Å². The van der Waals surface area contributed by atoms with Crippen molar-refractivity contribution >= 4 is 37.2 Å². The third kappa shape index (κ3) is 7.61. The maximum atomic E-state index is 5.87. The van der Waals surface area contributed by atoms with E-state index in [1.165, 1.54) is 6.54 Å². The number of nitrogens with two attached hydrogens (primary N) is 1. The molecule has 15 heavy (non-hydrogen) atoms. The predicted octanol–water partition coefficient (Wildman–Crippen LogP) is 1.28. The van der Waals surface area contributed by atoms with E-state index < -0.39 is 0 Å². The Morgan fingerprint density at radius 3 is 2.40 bits per heavy atom. The van der Waals surface area contributed by atoms with Crippen LogP contribution < -0.4 is 11.1 Å². The van der Waals surface area contributed by atoms with Crippen molar-refractivity contribution in [3.8, 4) is 0 Å². The summed E-state index contributed by atoms with van der Waals surface area (Å²) in [7, 11) is 2.00. The van der Waals surface area contributed by atoms with E-state index in [2.05, 4.69) is 17.1 Å². The Hall–Kier alpha value is 0.750. The fourth-order valence-corrected chi connectivity index (χ4v) is 1.84. The fraction of sp³-hybridized carbons (Fsp3) is 1.00. The van der Waals surface area contributed by atoms with Crippen LogP contribution in [0.4, 0.5) is 0 Å². The topological polar surface area (TPSA) is 41.3 Å². The molecule has 1 aliphatic rings. The first kappa shape index (κ1) is 21.1. The highest BCUT2D eigenvalue weighted by Crippen LogP contribution is 2.14. The number of hydrogen-bond donors (Lipinski definition) is 2. The SMILES string of the molecule is CNCCN1CCC(N)CC1C.Cl.Cl.Cl. The molecular weight excluding hydrogens is 256 g/mol. The van der Waals surface area contributed by atoms with Gasteiger partial charge in [0.05, 0.1) is 0 Å². The van der Waals surface area contributed by atoms with Gasteiger partial charge in [-0.05, 0) is 33.4 Å². The van der Waals surface area contributed by atoms with Crippen molar-refractivity contribution in [2.75, 3.05) is 26.7 Å². The second-order valence-electron chi connectivity index (χ2n) is 3.77. The van der Waals surface area contributed by atoms with E-state index in [4.69, 9.17) is 5.73 Å². The molecular formula is C9H24Cl3N3. The van der Waals surface area contributed by atoms with Crippen LogP contribution in [0.25, 0.3) is 0 Å². The molecule has 2 atom stereocenters. The lowest BCUT2D eigenvalue weighted by atomic mass is 9.99. The van der Waals surface area contributed by atoms with Gasteiger partial charge in [0.1, 0.15) is 0 Å². The van der Waals surface area contributed by atoms with Gasteiger partial charge in [0, 0.05) is 25.2 Å². The lowest BCUT2D eigenvalue weighted by Crippen LogP contribution is -2.47. The molecule has 0 aromatic heterocycles. The molecule has 1 saturated heterocycles. The summed E-state index contributed by atoms with van der Waals surface area (Å²) >= 11 is 0. The summed E-state index contributed by atoms with van der Waals surface area (Å²) < 4.78 is 0. The maximum Gasteiger partial charge on any atom is 0.0110 e. The molecule has 0 aromatic carbocycles. The number of nitrogens with zero attached hydrogens (tertiary/aromatic N) is 1. The minimum Gasteiger partial charge on any atom is -0.328 e. The first-order chi connectivity index (χ1) is 5.74. The number of rotatable bonds is 3. The summed E-state index contributed by atoms with van der Waals surface area (Å²) in [5, 5.41) is 3.17. The van der Waals surface area contributed by atoms with Gasteiger partial charge in [0.15, 0.2) is 0 Å². The molecule has 3 N–H and O–H groups in total. The summed E-state index contributed by atoms with van der Waals surface area (Å²) in [6, 6.07) is 1.10. The van der Waals surface area contributed by atoms with Crippen LogP contribution in [0.15, 0.2) is 0 Å². The molecule has 0 aliphatic carbocycles. The molecule has 96 valence electrons. The van der Waals surface area contributed by atoms with Crippen LogP contribution in [0.1, 0.15) is 19.8 Å². The lowest BCUT2D eigenvalue weighted by Gasteiger charge is -2.36. The van der Waals surface area contributed by atoms with Crippen LogP contribution in [0, 0.1) is 0 Å². The molecule has 1 heterocycles. The number of likely N-dealkylation sites (N-methyl/N-ethyl adjacent to an activating group) is 1. The Labute approximate surface area is 112 Å². The van der Waals surface area contributed by atoms with Crippen molar-refractivity contribution in [2.45, 2.75) is 31.8 Å². The standard InChI is InChI=1S/C9H21N3.3ClH/c1-8-7-9(10)3-5-12(8)6-4-11-2;;;/h8-9,11H,3-7,10H2,1-2H3;3*1H. The zero-order valence-electron chi connectivity index (χ0n) is 9.44. The quantitative estimate of drug-likeness (QED) is 0.818. The van der Waals surface area contributed by atoms with Crippen LogP contribution in [-0.4, -0.2) is 43.7 Å². The van der Waals surface area contributed by atoms with Crippen LogP contribution in [0.3, 0.4) is 0 Å². The summed E-state index contributed by atoms with van der Waals surface area (Å²) in [5.41, 5.74) is 5.87. The molecule has 0 amide bonds. The van der Waals surface area contributed by atoms with Crippen LogP contribution in [-0.2, 0) is 0 Å². The Morgan fingerprint density at radius 1 is 1.33 bits per heavy atom. The largest absolute Gasteiger partial charge is 0.328 e. The van der Waals surface area contributed by atoms with Crippen LogP contribution in [0.2, 0.25) is 0 Å². The first-order valence-electron chi connectivity index (χ1n) is 4.88. The Morgan fingerprint density at radius 2 is 1.93 bits per heavy atom. The molecule has 6 heteroatoms. The Balaban J connectivity index is -0.000000480. The summed E-state index contributed by atoms with van der Waals surface area (Å²) in [4.78, 5) is 2.51. The molecule has 0 saturated carbocycles. The minimum atomic E-state index is 0. The van der Waals surface area contributed by atoms with Gasteiger partial charge in [0.2, 0.25) is 0 Å². The molecule has 1 rings (SSSR count). The van der Waals surface area contributed by atoms with E-state index in [0.29, 0.717) is 12.1 Å². The van der Waals surface area contributed by atoms with Gasteiger partial charge in [-0.1, -0.05) is 0 Å². The number of piperidine rings is 1. The Kier molecular flexibility index (Phi) is 15.8. The van der Waals surface area contributed by atoms with E-state index in [0.717, 1.165) is 25.9 Å². The van der Waals surface area contributed by atoms with E-state index in [-0.39, 0.29) is 37.2 Å². The number of nitrogens with one attached hydrogen (secondary N) is 1. The Bertz CT molecular complexity index is 136. The zero-order valence-corrected chi connectivity index (χ0v) is 11.9. The molecule has 0 spiro atoms. The average Bonchev–Trinajstić information content (AvgIpc) is 2.03. The monoisotopic (exact) mass is 279 g/mol. The lowest BCUT2D eigenvalue weighted by molar-refractivity contribution is 0.149. The highest BCUT2D eigenvalue weighted by Gasteiger charge is 2.21. The maximum absolute atomic E-state index is 5.87. The minimum absolute atomic E-state index is 0. The third-order valence-corrected chi connectivity index (χ3v) is 2.70. The fourth-order valence-electron chi connectivity index (χ4n) is 1.84. The number of likely N-dealkylation sites (tertiary alicyclic amines) is 1. The molecule has 0 bridgehead atoms. The van der Waals surface area contributed by atoms with Crippen molar-refractivity contribution < 1.29 is 0 Å². The summed E-state index contributed by atoms with van der Waals surface area (Å²) in [5.74, 6) is 0. The highest BCUT2D eigenvalue weighted by atomic mass is 35.5. The molecule has 1 aliphatic heterocycles. The van der Waals surface area contributed by atoms with Gasteiger partial charge in [-0.25, -0.2) is 0 Å². The molecule has 2 unspecified atom stereocenters. The smallest absolute Gasteiger partial charge is 0.0110 e. The molecule has 3 nitrogen and oxygen atoms in total. The van der Waals surface area contributed by atoms with Crippen LogP contribution in [0.5, 0.6) is 0 Å². The van der Waals surface area contributed by atoms with Crippen molar-refractivity contribution in [3.05, 3.63) is 0 Å². The summed E-state index contributed by atoms with van der Waals surface area (Å²) in [6.07, 6.45) is 2.32. The van der Waals surface area contributed by atoms with Gasteiger partial charge in [-0.2, -0.15) is 0 Å². The van der Waals surface area contributed by atoms with Gasteiger partial charge in [-0.3, -0.25) is 4.90 Å². The second-order valence-corrected chi connectivity index (χ2v) is 3.77. The predicted molar refractivity (Wildman–Crippen MR) is 73.9 cm³/mol. The molecule has 1 fully saturated rings. The summed E-state index contributed by atoms with van der Waals surface area (Å²) in [6.45, 7) is 5.68. The van der Waals surface area contributed by atoms with Crippen molar-refractivity contribution in [3.63, 3.8) is 0 Å². The molecule has 0 radical (unpaired) electrons. The normalized spacial score (nSPS) is 25.8. The first-order valence-corrected chi connectivity index (χ1v) is 4.88. The van der Waals surface area contributed by atoms with E-state index >= 15 is 0 Å². The van der Waals surface area contributed by atoms with Crippen molar-refractivity contribution in [1.82, 2.24) is 10.2 Å². The zero-order chi connectivity index (χ0) is 8.97. The second kappa shape index (κ2) is 11.2. The van der Waals surface area contributed by atoms with Gasteiger partial charge >= 0.3 is 0 Å². The highest BCUT2D eigenvalue weighted by molar-refractivity contribution is 5.86.